The lowest BCUT2D eigenvalue weighted by atomic mass is 10.1. The zero-order valence-electron chi connectivity index (χ0n) is 16.0. The van der Waals surface area contributed by atoms with Gasteiger partial charge in [0.25, 0.3) is 0 Å². The molecule has 0 radical (unpaired) electrons. The number of hydrogen-bond acceptors (Lipinski definition) is 5. The van der Waals surface area contributed by atoms with Crippen molar-refractivity contribution < 1.29 is 0 Å². The standard InChI is InChI=1S/C21H26ClN5S/c22-27-12-10-26(11-13-27)16-4-6-18-19(14-16)24-21(23-18)20-7-5-17(28-20)15-25-8-2-1-3-9-25/h4-7,14H,1-3,8-13,15H2,(H,23,24). The minimum Gasteiger partial charge on any atom is -0.369 e. The highest BCUT2D eigenvalue weighted by molar-refractivity contribution is 7.15. The van der Waals surface area contributed by atoms with Crippen LogP contribution in [-0.4, -0.2) is 58.6 Å². The average Bonchev–Trinajstić information content (AvgIpc) is 3.35. The first-order valence-corrected chi connectivity index (χ1v) is 11.4. The maximum atomic E-state index is 6.09. The summed E-state index contributed by atoms with van der Waals surface area (Å²) in [6.07, 6.45) is 4.06. The minimum atomic E-state index is 0.892. The van der Waals surface area contributed by atoms with Crippen LogP contribution in [0.1, 0.15) is 24.1 Å². The molecule has 2 aliphatic heterocycles. The molecule has 7 heteroatoms. The van der Waals surface area contributed by atoms with Crippen LogP contribution in [0.15, 0.2) is 30.3 Å². The summed E-state index contributed by atoms with van der Waals surface area (Å²) in [4.78, 5) is 16.0. The molecule has 5 nitrogen and oxygen atoms in total. The number of H-pyrrole nitrogens is 1. The zero-order valence-corrected chi connectivity index (χ0v) is 17.6. The Labute approximate surface area is 175 Å². The first-order chi connectivity index (χ1) is 13.7. The van der Waals surface area contributed by atoms with Crippen molar-refractivity contribution >= 4 is 39.8 Å². The molecular formula is C21H26ClN5S. The normalized spacial score (nSPS) is 19.5. The lowest BCUT2D eigenvalue weighted by Gasteiger charge is -2.32. The van der Waals surface area contributed by atoms with E-state index in [4.69, 9.17) is 16.8 Å². The Morgan fingerprint density at radius 2 is 1.79 bits per heavy atom. The van der Waals surface area contributed by atoms with Crippen LogP contribution in [-0.2, 0) is 6.54 Å². The van der Waals surface area contributed by atoms with Crippen LogP contribution in [0.4, 0.5) is 5.69 Å². The van der Waals surface area contributed by atoms with Gasteiger partial charge in [-0.2, -0.15) is 0 Å². The summed E-state index contributed by atoms with van der Waals surface area (Å²) in [5, 5.41) is 0. The minimum absolute atomic E-state index is 0.892. The van der Waals surface area contributed by atoms with E-state index in [2.05, 4.69) is 45.1 Å². The number of nitrogens with one attached hydrogen (secondary N) is 1. The Kier molecular flexibility index (Phi) is 5.28. The number of benzene rings is 1. The van der Waals surface area contributed by atoms with E-state index in [0.29, 0.717) is 0 Å². The van der Waals surface area contributed by atoms with Crippen molar-refractivity contribution in [1.82, 2.24) is 19.3 Å². The van der Waals surface area contributed by atoms with Crippen LogP contribution < -0.4 is 4.90 Å². The maximum absolute atomic E-state index is 6.09. The first-order valence-electron chi connectivity index (χ1n) is 10.2. The predicted octanol–water partition coefficient (Wildman–Crippen LogP) is 4.55. The molecule has 0 spiro atoms. The summed E-state index contributed by atoms with van der Waals surface area (Å²) in [5.41, 5.74) is 3.37. The van der Waals surface area contributed by atoms with Gasteiger partial charge in [0.1, 0.15) is 5.82 Å². The number of aromatic nitrogens is 2. The van der Waals surface area contributed by atoms with Gasteiger partial charge in [0, 0.05) is 43.3 Å². The lowest BCUT2D eigenvalue weighted by molar-refractivity contribution is 0.222. The highest BCUT2D eigenvalue weighted by Crippen LogP contribution is 2.30. The van der Waals surface area contributed by atoms with Crippen molar-refractivity contribution in [1.29, 1.82) is 0 Å². The molecule has 0 unspecified atom stereocenters. The number of piperidine rings is 1. The van der Waals surface area contributed by atoms with Crippen molar-refractivity contribution in [2.24, 2.45) is 0 Å². The number of likely N-dealkylation sites (tertiary alicyclic amines) is 1. The summed E-state index contributed by atoms with van der Waals surface area (Å²) < 4.78 is 1.86. The Bertz CT molecular complexity index is 937. The molecule has 2 aliphatic rings. The fourth-order valence-electron chi connectivity index (χ4n) is 4.18. The molecule has 0 atom stereocenters. The van der Waals surface area contributed by atoms with Gasteiger partial charge in [-0.1, -0.05) is 6.42 Å². The maximum Gasteiger partial charge on any atom is 0.148 e. The number of hydrogen-bond donors (Lipinski definition) is 1. The van der Waals surface area contributed by atoms with Gasteiger partial charge in [0.05, 0.1) is 15.9 Å². The highest BCUT2D eigenvalue weighted by Gasteiger charge is 2.17. The average molecular weight is 416 g/mol. The molecule has 2 aromatic heterocycles. The molecule has 148 valence electrons. The molecule has 0 saturated carbocycles. The number of imidazole rings is 1. The van der Waals surface area contributed by atoms with Crippen LogP contribution in [0.25, 0.3) is 21.7 Å². The van der Waals surface area contributed by atoms with Gasteiger partial charge < -0.3 is 9.88 Å². The van der Waals surface area contributed by atoms with Gasteiger partial charge in [-0.3, -0.25) is 4.90 Å². The van der Waals surface area contributed by atoms with Gasteiger partial charge in [-0.25, -0.2) is 9.40 Å². The van der Waals surface area contributed by atoms with Crippen LogP contribution in [0.3, 0.4) is 0 Å². The predicted molar refractivity (Wildman–Crippen MR) is 118 cm³/mol. The molecule has 5 rings (SSSR count). The van der Waals surface area contributed by atoms with Crippen molar-refractivity contribution in [2.45, 2.75) is 25.8 Å². The van der Waals surface area contributed by atoms with Crippen LogP contribution in [0.5, 0.6) is 0 Å². The molecule has 0 amide bonds. The van der Waals surface area contributed by atoms with Gasteiger partial charge >= 0.3 is 0 Å². The first kappa shape index (κ1) is 18.4. The Morgan fingerprint density at radius 1 is 0.964 bits per heavy atom. The number of halogens is 1. The van der Waals surface area contributed by atoms with Crippen LogP contribution in [0, 0.1) is 0 Å². The van der Waals surface area contributed by atoms with Crippen LogP contribution in [0.2, 0.25) is 0 Å². The Hall–Kier alpha value is -1.60. The van der Waals surface area contributed by atoms with Crippen molar-refractivity contribution in [3.05, 3.63) is 35.2 Å². The molecule has 2 saturated heterocycles. The Morgan fingerprint density at radius 3 is 2.61 bits per heavy atom. The molecule has 2 fully saturated rings. The van der Waals surface area contributed by atoms with Gasteiger partial charge in [-0.05, 0) is 68.0 Å². The third-order valence-electron chi connectivity index (χ3n) is 5.78. The second-order valence-corrected chi connectivity index (χ2v) is 9.43. The van der Waals surface area contributed by atoms with Crippen molar-refractivity contribution in [3.8, 4) is 10.7 Å². The summed E-state index contributed by atoms with van der Waals surface area (Å²) in [6.45, 7) is 7.24. The number of anilines is 1. The van der Waals surface area contributed by atoms with Crippen LogP contribution >= 0.6 is 23.1 Å². The lowest BCUT2D eigenvalue weighted by Crippen LogP contribution is -2.42. The SMILES string of the molecule is ClN1CCN(c2ccc3nc(-c4ccc(CN5CCCCC5)s4)[nH]c3c2)CC1. The molecule has 1 N–H and O–H groups in total. The van der Waals surface area contributed by atoms with E-state index in [0.717, 1.165) is 49.6 Å². The van der Waals surface area contributed by atoms with Gasteiger partial charge in [0.15, 0.2) is 0 Å². The summed E-state index contributed by atoms with van der Waals surface area (Å²) in [7, 11) is 0. The molecule has 3 aromatic rings. The summed E-state index contributed by atoms with van der Waals surface area (Å²) in [5.74, 6) is 0.979. The number of rotatable bonds is 4. The fourth-order valence-corrected chi connectivity index (χ4v) is 5.33. The third kappa shape index (κ3) is 3.92. The monoisotopic (exact) mass is 415 g/mol. The zero-order chi connectivity index (χ0) is 18.9. The molecule has 1 aromatic carbocycles. The van der Waals surface area contributed by atoms with Gasteiger partial charge in [0.2, 0.25) is 0 Å². The number of fused-ring (bicyclic) bond motifs is 1. The Balaban J connectivity index is 1.33. The van der Waals surface area contributed by atoms with E-state index in [1.807, 2.05) is 15.8 Å². The molecule has 0 bridgehead atoms. The fraction of sp³-hybridized carbons (Fsp3) is 0.476. The topological polar surface area (TPSA) is 38.4 Å². The third-order valence-corrected chi connectivity index (χ3v) is 7.19. The molecular weight excluding hydrogens is 390 g/mol. The second-order valence-electron chi connectivity index (χ2n) is 7.79. The number of thiophene rings is 1. The second kappa shape index (κ2) is 8.03. The van der Waals surface area contributed by atoms with Crippen molar-refractivity contribution in [3.63, 3.8) is 0 Å². The summed E-state index contributed by atoms with van der Waals surface area (Å²) in [6, 6.07) is 11.0. The molecule has 4 heterocycles. The smallest absolute Gasteiger partial charge is 0.148 e. The molecule has 0 aliphatic carbocycles. The summed E-state index contributed by atoms with van der Waals surface area (Å²) >= 11 is 7.95. The van der Waals surface area contributed by atoms with Gasteiger partial charge in [-0.15, -0.1) is 11.3 Å². The molecule has 28 heavy (non-hydrogen) atoms. The highest BCUT2D eigenvalue weighted by atomic mass is 35.5. The number of nitrogens with zero attached hydrogens (tertiary/aromatic N) is 4. The van der Waals surface area contributed by atoms with Crippen molar-refractivity contribution in [2.75, 3.05) is 44.2 Å². The van der Waals surface area contributed by atoms with E-state index in [1.54, 1.807) is 0 Å². The largest absolute Gasteiger partial charge is 0.369 e. The van der Waals surface area contributed by atoms with E-state index < -0.39 is 0 Å². The van der Waals surface area contributed by atoms with E-state index >= 15 is 0 Å². The van der Waals surface area contributed by atoms with E-state index in [9.17, 15) is 0 Å². The van der Waals surface area contributed by atoms with E-state index in [1.165, 1.54) is 47.8 Å². The van der Waals surface area contributed by atoms with E-state index in [-0.39, 0.29) is 0 Å². The number of aromatic amines is 1. The quantitative estimate of drug-likeness (QED) is 0.634. The number of piperazine rings is 1.